The van der Waals surface area contributed by atoms with E-state index >= 15 is 0 Å². The van der Waals surface area contributed by atoms with Crippen molar-refractivity contribution in [3.8, 4) is 0 Å². The van der Waals surface area contributed by atoms with Crippen LogP contribution in [0.1, 0.15) is 64.6 Å². The van der Waals surface area contributed by atoms with E-state index in [-0.39, 0.29) is 0 Å². The highest BCUT2D eigenvalue weighted by Crippen LogP contribution is 2.19. The Morgan fingerprint density at radius 3 is 2.00 bits per heavy atom. The Hall–Kier alpha value is -0.820. The van der Waals surface area contributed by atoms with Crippen molar-refractivity contribution in [2.24, 2.45) is 11.8 Å². The van der Waals surface area contributed by atoms with Crippen molar-refractivity contribution in [3.63, 3.8) is 0 Å². The molecule has 108 valence electrons. The Morgan fingerprint density at radius 2 is 1.53 bits per heavy atom. The van der Waals surface area contributed by atoms with Crippen LogP contribution in [0.4, 0.5) is 0 Å². The fourth-order valence-electron chi connectivity index (χ4n) is 2.76. The van der Waals surface area contributed by atoms with Gasteiger partial charge in [0.05, 0.1) is 0 Å². The first-order chi connectivity index (χ1) is 8.88. The van der Waals surface area contributed by atoms with Gasteiger partial charge in [-0.05, 0) is 44.1 Å². The molecule has 1 rings (SSSR count). The quantitative estimate of drug-likeness (QED) is 0.719. The smallest absolute Gasteiger partial charge is 0.0294 e. The predicted octanol–water partition coefficient (Wildman–Crippen LogP) is 5.11. The molecular formula is C18H31N. The molecule has 0 unspecified atom stereocenters. The summed E-state index contributed by atoms with van der Waals surface area (Å²) >= 11 is 0. The summed E-state index contributed by atoms with van der Waals surface area (Å²) < 4.78 is 0. The van der Waals surface area contributed by atoms with Crippen LogP contribution in [0.15, 0.2) is 24.3 Å². The molecule has 0 saturated carbocycles. The molecule has 1 nitrogen and oxygen atoms in total. The second-order valence-electron chi connectivity index (χ2n) is 6.76. The SMILES string of the molecule is Cc1cccc([C@H](C)NC(CC(C)C)CC(C)C)c1. The Labute approximate surface area is 119 Å². The van der Waals surface area contributed by atoms with Gasteiger partial charge in [-0.25, -0.2) is 0 Å². The fraction of sp³-hybridized carbons (Fsp3) is 0.667. The highest BCUT2D eigenvalue weighted by Gasteiger charge is 2.16. The average Bonchev–Trinajstić information content (AvgIpc) is 2.26. The van der Waals surface area contributed by atoms with Gasteiger partial charge in [0.1, 0.15) is 0 Å². The van der Waals surface area contributed by atoms with E-state index in [1.807, 2.05) is 0 Å². The predicted molar refractivity (Wildman–Crippen MR) is 85.4 cm³/mol. The summed E-state index contributed by atoms with van der Waals surface area (Å²) in [5.74, 6) is 1.50. The van der Waals surface area contributed by atoms with E-state index in [1.165, 1.54) is 24.0 Å². The van der Waals surface area contributed by atoms with Crippen molar-refractivity contribution >= 4 is 0 Å². The lowest BCUT2D eigenvalue weighted by molar-refractivity contribution is 0.335. The lowest BCUT2D eigenvalue weighted by Crippen LogP contribution is -2.34. The summed E-state index contributed by atoms with van der Waals surface area (Å²) in [7, 11) is 0. The number of aryl methyl sites for hydroxylation is 1. The van der Waals surface area contributed by atoms with Gasteiger partial charge in [0.2, 0.25) is 0 Å². The van der Waals surface area contributed by atoms with Gasteiger partial charge in [-0.1, -0.05) is 57.5 Å². The molecule has 1 heteroatoms. The molecule has 0 aliphatic heterocycles. The highest BCUT2D eigenvalue weighted by molar-refractivity contribution is 5.24. The molecule has 0 aromatic heterocycles. The van der Waals surface area contributed by atoms with Gasteiger partial charge in [0.15, 0.2) is 0 Å². The summed E-state index contributed by atoms with van der Waals surface area (Å²) in [6.07, 6.45) is 2.52. The molecule has 0 bridgehead atoms. The zero-order valence-corrected chi connectivity index (χ0v) is 13.5. The van der Waals surface area contributed by atoms with Crippen LogP contribution in [-0.4, -0.2) is 6.04 Å². The van der Waals surface area contributed by atoms with Crippen molar-refractivity contribution in [1.29, 1.82) is 0 Å². The van der Waals surface area contributed by atoms with E-state index in [9.17, 15) is 0 Å². The van der Waals surface area contributed by atoms with Crippen LogP contribution < -0.4 is 5.32 Å². The maximum absolute atomic E-state index is 3.82. The molecule has 1 N–H and O–H groups in total. The molecule has 0 saturated heterocycles. The van der Waals surface area contributed by atoms with E-state index in [0.29, 0.717) is 12.1 Å². The second-order valence-corrected chi connectivity index (χ2v) is 6.76. The second kappa shape index (κ2) is 7.69. The first-order valence-electron chi connectivity index (χ1n) is 7.71. The third-order valence-corrected chi connectivity index (χ3v) is 3.54. The van der Waals surface area contributed by atoms with Crippen LogP contribution in [0.5, 0.6) is 0 Å². The largest absolute Gasteiger partial charge is 0.307 e. The van der Waals surface area contributed by atoms with Crippen LogP contribution in [0.2, 0.25) is 0 Å². The number of benzene rings is 1. The van der Waals surface area contributed by atoms with Gasteiger partial charge in [-0.2, -0.15) is 0 Å². The first-order valence-corrected chi connectivity index (χ1v) is 7.71. The molecule has 0 aliphatic carbocycles. The zero-order valence-electron chi connectivity index (χ0n) is 13.5. The summed E-state index contributed by atoms with van der Waals surface area (Å²) in [6.45, 7) is 13.7. The first kappa shape index (κ1) is 16.2. The van der Waals surface area contributed by atoms with Crippen LogP contribution in [0, 0.1) is 18.8 Å². The van der Waals surface area contributed by atoms with Crippen molar-refractivity contribution in [2.75, 3.05) is 0 Å². The van der Waals surface area contributed by atoms with Crippen LogP contribution >= 0.6 is 0 Å². The van der Waals surface area contributed by atoms with Crippen molar-refractivity contribution in [1.82, 2.24) is 5.32 Å². The lowest BCUT2D eigenvalue weighted by atomic mass is 9.94. The van der Waals surface area contributed by atoms with E-state index in [1.54, 1.807) is 0 Å². The Balaban J connectivity index is 2.66. The zero-order chi connectivity index (χ0) is 14.4. The van der Waals surface area contributed by atoms with Gasteiger partial charge in [0.25, 0.3) is 0 Å². The topological polar surface area (TPSA) is 12.0 Å². The molecule has 1 atom stereocenters. The summed E-state index contributed by atoms with van der Waals surface area (Å²) in [5, 5.41) is 3.82. The lowest BCUT2D eigenvalue weighted by Gasteiger charge is -2.26. The monoisotopic (exact) mass is 261 g/mol. The fourth-order valence-corrected chi connectivity index (χ4v) is 2.76. The third-order valence-electron chi connectivity index (χ3n) is 3.54. The van der Waals surface area contributed by atoms with Crippen molar-refractivity contribution in [3.05, 3.63) is 35.4 Å². The Kier molecular flexibility index (Phi) is 6.57. The highest BCUT2D eigenvalue weighted by atomic mass is 14.9. The third kappa shape index (κ3) is 6.24. The van der Waals surface area contributed by atoms with Crippen LogP contribution in [0.25, 0.3) is 0 Å². The minimum Gasteiger partial charge on any atom is -0.307 e. The number of hydrogen-bond acceptors (Lipinski definition) is 1. The molecule has 1 aromatic carbocycles. The van der Waals surface area contributed by atoms with Crippen molar-refractivity contribution in [2.45, 2.75) is 66.5 Å². The van der Waals surface area contributed by atoms with E-state index in [0.717, 1.165) is 11.8 Å². The standard InChI is InChI=1S/C18H31N/c1-13(2)10-18(11-14(3)4)19-16(6)17-9-7-8-15(5)12-17/h7-9,12-14,16,18-19H,10-11H2,1-6H3/t16-/m0/s1. The summed E-state index contributed by atoms with van der Waals surface area (Å²) in [5.41, 5.74) is 2.74. The van der Waals surface area contributed by atoms with E-state index < -0.39 is 0 Å². The van der Waals surface area contributed by atoms with Crippen molar-refractivity contribution < 1.29 is 0 Å². The minimum absolute atomic E-state index is 0.433. The summed E-state index contributed by atoms with van der Waals surface area (Å²) in [6, 6.07) is 9.89. The van der Waals surface area contributed by atoms with E-state index in [4.69, 9.17) is 0 Å². The summed E-state index contributed by atoms with van der Waals surface area (Å²) in [4.78, 5) is 0. The van der Waals surface area contributed by atoms with Gasteiger partial charge >= 0.3 is 0 Å². The number of nitrogens with one attached hydrogen (secondary N) is 1. The molecule has 1 aromatic rings. The van der Waals surface area contributed by atoms with Gasteiger partial charge in [0, 0.05) is 12.1 Å². The average molecular weight is 261 g/mol. The van der Waals surface area contributed by atoms with Crippen LogP contribution in [0.3, 0.4) is 0 Å². The molecule has 0 spiro atoms. The molecule has 0 radical (unpaired) electrons. The van der Waals surface area contributed by atoms with E-state index in [2.05, 4.69) is 71.1 Å². The molecule has 19 heavy (non-hydrogen) atoms. The minimum atomic E-state index is 0.433. The normalized spacial score (nSPS) is 13.5. The maximum Gasteiger partial charge on any atom is 0.0294 e. The number of rotatable bonds is 7. The van der Waals surface area contributed by atoms with Gasteiger partial charge in [-0.15, -0.1) is 0 Å². The Bertz CT molecular complexity index is 358. The molecule has 0 amide bonds. The molecular weight excluding hydrogens is 230 g/mol. The van der Waals surface area contributed by atoms with Gasteiger partial charge in [-0.3, -0.25) is 0 Å². The molecule has 0 heterocycles. The van der Waals surface area contributed by atoms with Gasteiger partial charge < -0.3 is 5.32 Å². The maximum atomic E-state index is 3.82. The Morgan fingerprint density at radius 1 is 0.947 bits per heavy atom. The number of hydrogen-bond donors (Lipinski definition) is 1. The molecule has 0 fully saturated rings. The van der Waals surface area contributed by atoms with Crippen LogP contribution in [-0.2, 0) is 0 Å². The molecule has 0 aliphatic rings.